The summed E-state index contributed by atoms with van der Waals surface area (Å²) in [5.41, 5.74) is 1.79. The van der Waals surface area contributed by atoms with Crippen molar-refractivity contribution in [2.45, 2.75) is 52.0 Å². The molecule has 1 fully saturated rings. The predicted octanol–water partition coefficient (Wildman–Crippen LogP) is 6.42. The van der Waals surface area contributed by atoms with E-state index in [-0.39, 0.29) is 24.2 Å². The van der Waals surface area contributed by atoms with Crippen molar-refractivity contribution in [3.05, 3.63) is 76.7 Å². The maximum Gasteiger partial charge on any atom is 0.436 e. The van der Waals surface area contributed by atoms with Gasteiger partial charge < -0.3 is 25.0 Å². The Morgan fingerprint density at radius 2 is 1.70 bits per heavy atom. The van der Waals surface area contributed by atoms with E-state index in [9.17, 15) is 14.4 Å². The third-order valence-electron chi connectivity index (χ3n) is 7.64. The molecule has 2 aromatic carbocycles. The number of hydrogen-bond acceptors (Lipinski definition) is 8. The Morgan fingerprint density at radius 3 is 2.41 bits per heavy atom. The average Bonchev–Trinajstić information content (AvgIpc) is 3.62. The van der Waals surface area contributed by atoms with Gasteiger partial charge >= 0.3 is 6.09 Å². The first-order valence-electron chi connectivity index (χ1n) is 15.1. The zero-order chi connectivity index (χ0) is 31.1. The summed E-state index contributed by atoms with van der Waals surface area (Å²) in [5.74, 6) is -0.487. The Morgan fingerprint density at radius 1 is 0.977 bits per heavy atom. The summed E-state index contributed by atoms with van der Waals surface area (Å²) < 4.78 is 12.1. The molecular weight excluding hydrogens is 578 g/mol. The van der Waals surface area contributed by atoms with Gasteiger partial charge in [0.05, 0.1) is 35.6 Å². The van der Waals surface area contributed by atoms with Gasteiger partial charge in [-0.15, -0.1) is 16.4 Å². The number of ether oxygens (including phenoxy) is 2. The number of anilines is 2. The number of carbonyl (C=O) groups is 3. The number of hydrogen-bond donors (Lipinski definition) is 2. The van der Waals surface area contributed by atoms with Crippen LogP contribution >= 0.6 is 11.3 Å². The summed E-state index contributed by atoms with van der Waals surface area (Å²) in [4.78, 5) is 42.8. The molecule has 2 N–H and O–H groups in total. The molecule has 1 aliphatic heterocycles. The third kappa shape index (κ3) is 7.28. The van der Waals surface area contributed by atoms with E-state index in [2.05, 4.69) is 27.6 Å². The molecule has 2 amide bonds. The molecule has 1 aliphatic rings. The van der Waals surface area contributed by atoms with Gasteiger partial charge in [-0.1, -0.05) is 56.5 Å². The standard InChI is InChI=1S/C33H39N5O5S/c1-4-5-6-10-19-43-32(41)38-31-26(22-27(44-31)30(40)35-33(2,3)24-11-8-7-9-12-24)28(36-38)34-29(39)23-13-15-25(16-14-23)37-17-20-42-21-18-37/h7-9,11-16,22H,4-6,10,17-21H2,1-3H3,(H,35,40)(H,34,36,39). The lowest BCUT2D eigenvalue weighted by Gasteiger charge is -2.28. The van der Waals surface area contributed by atoms with Crippen molar-refractivity contribution in [2.24, 2.45) is 0 Å². The first-order chi connectivity index (χ1) is 21.3. The molecule has 0 spiro atoms. The molecule has 0 bridgehead atoms. The molecule has 0 atom stereocenters. The van der Waals surface area contributed by atoms with E-state index in [1.165, 1.54) is 0 Å². The lowest BCUT2D eigenvalue weighted by molar-refractivity contribution is 0.0915. The van der Waals surface area contributed by atoms with Crippen molar-refractivity contribution in [3.63, 3.8) is 0 Å². The second-order valence-corrected chi connectivity index (χ2v) is 12.3. The Bertz CT molecular complexity index is 1590. The fourth-order valence-corrected chi connectivity index (χ4v) is 6.08. The largest absolute Gasteiger partial charge is 0.448 e. The zero-order valence-corrected chi connectivity index (χ0v) is 26.2. The number of carbonyl (C=O) groups excluding carboxylic acids is 3. The molecular formula is C33H39N5O5S. The van der Waals surface area contributed by atoms with Crippen LogP contribution in [0.3, 0.4) is 0 Å². The highest BCUT2D eigenvalue weighted by molar-refractivity contribution is 7.20. The van der Waals surface area contributed by atoms with Crippen LogP contribution in [-0.2, 0) is 15.0 Å². The van der Waals surface area contributed by atoms with Gasteiger partial charge in [-0.05, 0) is 56.2 Å². The number of nitrogens with zero attached hydrogens (tertiary/aromatic N) is 3. The van der Waals surface area contributed by atoms with Crippen LogP contribution in [0, 0.1) is 0 Å². The fraction of sp³-hybridized carbons (Fsp3) is 0.394. The maximum absolute atomic E-state index is 13.4. The first-order valence-corrected chi connectivity index (χ1v) is 15.9. The Labute approximate surface area is 261 Å². The molecule has 0 radical (unpaired) electrons. The van der Waals surface area contributed by atoms with Gasteiger partial charge in [0.25, 0.3) is 11.8 Å². The fourth-order valence-electron chi connectivity index (χ4n) is 5.08. The van der Waals surface area contributed by atoms with Crippen molar-refractivity contribution in [1.29, 1.82) is 0 Å². The maximum atomic E-state index is 13.4. The van der Waals surface area contributed by atoms with Crippen molar-refractivity contribution in [2.75, 3.05) is 43.1 Å². The minimum atomic E-state index is -0.653. The molecule has 3 heterocycles. The van der Waals surface area contributed by atoms with Crippen molar-refractivity contribution >= 4 is 51.0 Å². The Hall–Kier alpha value is -4.22. The highest BCUT2D eigenvalue weighted by atomic mass is 32.1. The number of rotatable bonds is 11. The van der Waals surface area contributed by atoms with E-state index >= 15 is 0 Å². The van der Waals surface area contributed by atoms with E-state index < -0.39 is 11.6 Å². The summed E-state index contributed by atoms with van der Waals surface area (Å²) in [6.07, 6.45) is 3.20. The van der Waals surface area contributed by atoms with E-state index in [1.54, 1.807) is 18.2 Å². The summed E-state index contributed by atoms with van der Waals surface area (Å²) in [5, 5.41) is 10.8. The van der Waals surface area contributed by atoms with Gasteiger partial charge in [0.2, 0.25) is 0 Å². The number of aromatic nitrogens is 2. The van der Waals surface area contributed by atoms with Gasteiger partial charge in [-0.25, -0.2) is 4.79 Å². The molecule has 0 saturated carbocycles. The second-order valence-electron chi connectivity index (χ2n) is 11.3. The number of thiophene rings is 1. The second kappa shape index (κ2) is 14.0. The topological polar surface area (TPSA) is 115 Å². The Kier molecular flexibility index (Phi) is 9.96. The van der Waals surface area contributed by atoms with Gasteiger partial charge in [0, 0.05) is 24.3 Å². The van der Waals surface area contributed by atoms with E-state index in [4.69, 9.17) is 9.47 Å². The van der Waals surface area contributed by atoms with Gasteiger partial charge in [-0.3, -0.25) is 9.59 Å². The molecule has 11 heteroatoms. The number of benzene rings is 2. The smallest absolute Gasteiger partial charge is 0.436 e. The van der Waals surface area contributed by atoms with Gasteiger partial charge in [-0.2, -0.15) is 4.68 Å². The SMILES string of the molecule is CCCCCCOC(=O)n1nc(NC(=O)c2ccc(N3CCOCC3)cc2)c2cc(C(=O)NC(C)(C)c3ccccc3)sc21. The van der Waals surface area contributed by atoms with Crippen molar-refractivity contribution in [3.8, 4) is 0 Å². The summed E-state index contributed by atoms with van der Waals surface area (Å²) in [7, 11) is 0. The van der Waals surface area contributed by atoms with Crippen LogP contribution < -0.4 is 15.5 Å². The van der Waals surface area contributed by atoms with Crippen LogP contribution in [0.15, 0.2) is 60.7 Å². The number of morpholine rings is 1. The van der Waals surface area contributed by atoms with Crippen LogP contribution in [0.4, 0.5) is 16.3 Å². The van der Waals surface area contributed by atoms with Crippen LogP contribution in [0.2, 0.25) is 0 Å². The molecule has 232 valence electrons. The van der Waals surface area contributed by atoms with Crippen molar-refractivity contribution in [1.82, 2.24) is 15.1 Å². The number of fused-ring (bicyclic) bond motifs is 1. The quantitative estimate of drug-likeness (QED) is 0.187. The normalized spacial score (nSPS) is 13.6. The summed E-state index contributed by atoms with van der Waals surface area (Å²) in [6, 6.07) is 18.7. The van der Waals surface area contributed by atoms with Crippen LogP contribution in [0.1, 0.15) is 72.0 Å². The molecule has 0 aliphatic carbocycles. The minimum absolute atomic E-state index is 0.183. The van der Waals surface area contributed by atoms with Crippen molar-refractivity contribution < 1.29 is 23.9 Å². The molecule has 2 aromatic heterocycles. The van der Waals surface area contributed by atoms with Crippen LogP contribution in [-0.4, -0.2) is 60.6 Å². The molecule has 44 heavy (non-hydrogen) atoms. The van der Waals surface area contributed by atoms with E-state index in [0.717, 1.165) is 66.0 Å². The molecule has 4 aromatic rings. The Balaban J connectivity index is 1.38. The molecule has 5 rings (SSSR count). The van der Waals surface area contributed by atoms with E-state index in [0.29, 0.717) is 33.9 Å². The molecule has 10 nitrogen and oxygen atoms in total. The van der Waals surface area contributed by atoms with E-state index in [1.807, 2.05) is 56.3 Å². The lowest BCUT2D eigenvalue weighted by atomic mass is 9.94. The first kappa shape index (κ1) is 31.2. The minimum Gasteiger partial charge on any atom is -0.448 e. The average molecular weight is 618 g/mol. The monoisotopic (exact) mass is 617 g/mol. The van der Waals surface area contributed by atoms with Crippen LogP contribution in [0.5, 0.6) is 0 Å². The zero-order valence-electron chi connectivity index (χ0n) is 25.4. The van der Waals surface area contributed by atoms with Gasteiger partial charge in [0.15, 0.2) is 5.82 Å². The highest BCUT2D eigenvalue weighted by Gasteiger charge is 2.27. The predicted molar refractivity (Wildman–Crippen MR) is 173 cm³/mol. The number of unbranched alkanes of at least 4 members (excludes halogenated alkanes) is 3. The third-order valence-corrected chi connectivity index (χ3v) is 8.75. The van der Waals surface area contributed by atoms with Gasteiger partial charge in [0.1, 0.15) is 4.83 Å². The molecule has 0 unspecified atom stereocenters. The highest BCUT2D eigenvalue weighted by Crippen LogP contribution is 2.33. The lowest BCUT2D eigenvalue weighted by Crippen LogP contribution is -2.40. The van der Waals surface area contributed by atoms with Crippen LogP contribution in [0.25, 0.3) is 10.2 Å². The summed E-state index contributed by atoms with van der Waals surface area (Å²) >= 11 is 1.13. The molecule has 1 saturated heterocycles. The number of amides is 2. The summed E-state index contributed by atoms with van der Waals surface area (Å²) in [6.45, 7) is 9.19. The number of nitrogens with one attached hydrogen (secondary N) is 2.